The van der Waals surface area contributed by atoms with Crippen LogP contribution in [0.1, 0.15) is 34.7 Å². The molecule has 1 nitrogen and oxygen atoms in total. The number of hydrogen-bond acceptors (Lipinski definition) is 0. The molecule has 226 valence electrons. The number of para-hydroxylation sites is 3. The Morgan fingerprint density at radius 1 is 0.733 bits per heavy atom. The first-order valence-electron chi connectivity index (χ1n) is 15.5. The molecule has 0 amide bonds. The van der Waals surface area contributed by atoms with Gasteiger partial charge in [0.1, 0.15) is 0 Å². The highest BCUT2D eigenvalue weighted by molar-refractivity contribution is 8.34. The monoisotopic (exact) mass is 605 g/mol. The maximum atomic E-state index is 4.92. The van der Waals surface area contributed by atoms with Gasteiger partial charge in [0.05, 0.1) is 22.1 Å². The lowest BCUT2D eigenvalue weighted by Gasteiger charge is -2.42. The summed E-state index contributed by atoms with van der Waals surface area (Å²) in [5.41, 5.74) is 12.1. The highest BCUT2D eigenvalue weighted by atomic mass is 32.3. The zero-order valence-corrected chi connectivity index (χ0v) is 28.2. The number of allylic oxidation sites excluding steroid dienone is 9. The van der Waals surface area contributed by atoms with Gasteiger partial charge >= 0.3 is 0 Å². The summed E-state index contributed by atoms with van der Waals surface area (Å²) in [6.07, 6.45) is 20.0. The predicted octanol–water partition coefficient (Wildman–Crippen LogP) is 11.5. The smallest absolute Gasteiger partial charge is 0.0731 e. The molecule has 2 heteroatoms. The molecule has 0 aliphatic carbocycles. The molecular weight excluding hydrogens is 563 g/mol. The van der Waals surface area contributed by atoms with E-state index in [-0.39, 0.29) is 0 Å². The Hall–Kier alpha value is -4.53. The Bertz CT molecular complexity index is 2080. The van der Waals surface area contributed by atoms with E-state index in [2.05, 4.69) is 171 Å². The van der Waals surface area contributed by atoms with Crippen LogP contribution in [0.25, 0.3) is 33.1 Å². The summed E-state index contributed by atoms with van der Waals surface area (Å²) in [5.74, 6) is 0. The van der Waals surface area contributed by atoms with Gasteiger partial charge in [-0.25, -0.2) is 10.0 Å². The van der Waals surface area contributed by atoms with Gasteiger partial charge in [-0.3, -0.25) is 0 Å². The van der Waals surface area contributed by atoms with Gasteiger partial charge in [0.15, 0.2) is 0 Å². The van der Waals surface area contributed by atoms with Crippen LogP contribution in [0.3, 0.4) is 0 Å². The summed E-state index contributed by atoms with van der Waals surface area (Å²) < 4.78 is 2.45. The van der Waals surface area contributed by atoms with Crippen molar-refractivity contribution in [2.24, 2.45) is 0 Å². The lowest BCUT2D eigenvalue weighted by Crippen LogP contribution is -2.35. The van der Waals surface area contributed by atoms with Crippen molar-refractivity contribution in [2.75, 3.05) is 18.8 Å². The van der Waals surface area contributed by atoms with E-state index in [0.717, 1.165) is 16.7 Å². The number of nitrogens with zero attached hydrogens (tertiary/aromatic N) is 1. The van der Waals surface area contributed by atoms with E-state index in [1.807, 2.05) is 0 Å². The Labute approximate surface area is 270 Å². The lowest BCUT2D eigenvalue weighted by molar-refractivity contribution is 0.730. The topological polar surface area (TPSA) is 4.93 Å². The first kappa shape index (κ1) is 30.5. The molecule has 1 aliphatic rings. The molecule has 5 aromatic rings. The van der Waals surface area contributed by atoms with Crippen molar-refractivity contribution >= 4 is 37.4 Å². The van der Waals surface area contributed by atoms with Gasteiger partial charge in [0.25, 0.3) is 0 Å². The van der Waals surface area contributed by atoms with Crippen LogP contribution in [-0.4, -0.2) is 23.3 Å². The van der Waals surface area contributed by atoms with Crippen LogP contribution < -0.4 is 0 Å². The van der Waals surface area contributed by atoms with E-state index in [4.69, 9.17) is 13.2 Å². The molecule has 1 atom stereocenters. The second kappa shape index (κ2) is 11.8. The van der Waals surface area contributed by atoms with Crippen molar-refractivity contribution in [1.82, 2.24) is 4.57 Å². The fourth-order valence-electron chi connectivity index (χ4n) is 7.02. The van der Waals surface area contributed by atoms with Crippen LogP contribution >= 0.6 is 10.0 Å². The van der Waals surface area contributed by atoms with Crippen LogP contribution in [0.15, 0.2) is 151 Å². The number of aromatic nitrogens is 1. The molecule has 4 aromatic carbocycles. The van der Waals surface area contributed by atoms with Crippen LogP contribution in [0.4, 0.5) is 0 Å². The van der Waals surface area contributed by atoms with Crippen LogP contribution in [0, 0.1) is 13.8 Å². The van der Waals surface area contributed by atoms with Crippen LogP contribution in [0.5, 0.6) is 0 Å². The molecule has 0 saturated carbocycles. The van der Waals surface area contributed by atoms with E-state index in [9.17, 15) is 0 Å². The minimum Gasteiger partial charge on any atom is -0.309 e. The average molecular weight is 606 g/mol. The molecule has 0 saturated heterocycles. The molecular formula is C43H43NS. The minimum atomic E-state index is -0.774. The first-order valence-corrected chi connectivity index (χ1v) is 18.5. The van der Waals surface area contributed by atoms with E-state index >= 15 is 0 Å². The molecule has 1 unspecified atom stereocenters. The van der Waals surface area contributed by atoms with Gasteiger partial charge in [-0.2, -0.15) is 0 Å². The van der Waals surface area contributed by atoms with Crippen molar-refractivity contribution in [3.63, 3.8) is 0 Å². The Kier molecular flexibility index (Phi) is 7.97. The summed E-state index contributed by atoms with van der Waals surface area (Å²) in [6, 6.07) is 31.0. The molecule has 0 spiro atoms. The van der Waals surface area contributed by atoms with Crippen molar-refractivity contribution in [1.29, 1.82) is 0 Å². The molecule has 45 heavy (non-hydrogen) atoms. The standard InChI is InChI=1S/C43H43NS/c1-9-17-34(35-27-30(2)26-31(3)28-35)29-33(5)43(32(4)18-14-15-25-45(6,7)8)38-21-11-13-24-41(38)44-40-23-12-10-19-36(40)37-20-16-22-39(43)42(37)44/h9-29H,4-5H2,1-3,6-8H3/b17-9-,18-14-,25-15-,34-29+. The SMILES string of the molecule is C=C(/C=C\C=C/S(C)(C)C)C1(C(=C)/C=C(\C=C/C)c2cc(C)cc(C)c2)c2ccccc2-n2c3ccccc3c3cccc1c32. The second-order valence-electron chi connectivity index (χ2n) is 13.0. The molecule has 0 radical (unpaired) electrons. The summed E-state index contributed by atoms with van der Waals surface area (Å²) in [6.45, 7) is 16.2. The number of rotatable bonds is 8. The van der Waals surface area contributed by atoms with Gasteiger partial charge in [-0.1, -0.05) is 134 Å². The lowest BCUT2D eigenvalue weighted by atomic mass is 9.62. The summed E-state index contributed by atoms with van der Waals surface area (Å²) in [4.78, 5) is 0. The van der Waals surface area contributed by atoms with Gasteiger partial charge < -0.3 is 4.57 Å². The number of fused-ring (bicyclic) bond motifs is 5. The Morgan fingerprint density at radius 2 is 1.40 bits per heavy atom. The van der Waals surface area contributed by atoms with Gasteiger partial charge in [-0.05, 0) is 90.5 Å². The number of hydrogen-bond donors (Lipinski definition) is 0. The second-order valence-corrected chi connectivity index (χ2v) is 17.1. The van der Waals surface area contributed by atoms with Crippen LogP contribution in [0.2, 0.25) is 0 Å². The zero-order valence-electron chi connectivity index (χ0n) is 27.4. The number of benzene rings is 4. The number of aryl methyl sites for hydroxylation is 2. The summed E-state index contributed by atoms with van der Waals surface area (Å²) in [7, 11) is -0.774. The third-order valence-corrected chi connectivity index (χ3v) is 9.71. The molecule has 0 bridgehead atoms. The molecule has 0 N–H and O–H groups in total. The van der Waals surface area contributed by atoms with E-state index in [1.165, 1.54) is 55.3 Å². The van der Waals surface area contributed by atoms with Crippen molar-refractivity contribution < 1.29 is 0 Å². The minimum absolute atomic E-state index is 0.689. The third kappa shape index (κ3) is 5.28. The highest BCUT2D eigenvalue weighted by Gasteiger charge is 2.45. The van der Waals surface area contributed by atoms with E-state index in [1.54, 1.807) is 0 Å². The van der Waals surface area contributed by atoms with Gasteiger partial charge in [0.2, 0.25) is 0 Å². The van der Waals surface area contributed by atoms with E-state index < -0.39 is 15.4 Å². The molecule has 2 heterocycles. The van der Waals surface area contributed by atoms with E-state index in [0.29, 0.717) is 0 Å². The molecule has 0 fully saturated rings. The third-order valence-electron chi connectivity index (χ3n) is 8.74. The Morgan fingerprint density at radius 3 is 2.13 bits per heavy atom. The summed E-state index contributed by atoms with van der Waals surface area (Å²) >= 11 is 0. The highest BCUT2D eigenvalue weighted by Crippen LogP contribution is 2.54. The van der Waals surface area contributed by atoms with Gasteiger partial charge in [-0.15, -0.1) is 0 Å². The fourth-order valence-corrected chi connectivity index (χ4v) is 7.58. The van der Waals surface area contributed by atoms with Crippen molar-refractivity contribution in [2.45, 2.75) is 26.2 Å². The fraction of sp³-hybridized carbons (Fsp3) is 0.163. The Balaban J connectivity index is 1.70. The molecule has 1 aromatic heterocycles. The first-order chi connectivity index (χ1) is 21.6. The van der Waals surface area contributed by atoms with Gasteiger partial charge in [0, 0.05) is 10.8 Å². The average Bonchev–Trinajstić information content (AvgIpc) is 3.34. The maximum absolute atomic E-state index is 4.92. The van der Waals surface area contributed by atoms with Crippen molar-refractivity contribution in [3.8, 4) is 5.69 Å². The van der Waals surface area contributed by atoms with Crippen molar-refractivity contribution in [3.05, 3.63) is 179 Å². The predicted molar refractivity (Wildman–Crippen MR) is 202 cm³/mol. The molecule has 1 aliphatic heterocycles. The zero-order chi connectivity index (χ0) is 31.9. The quantitative estimate of drug-likeness (QED) is 0.155. The normalized spacial score (nSPS) is 17.2. The molecule has 6 rings (SSSR count). The maximum Gasteiger partial charge on any atom is 0.0731 e. The largest absolute Gasteiger partial charge is 0.309 e. The summed E-state index contributed by atoms with van der Waals surface area (Å²) in [5, 5.41) is 4.81. The van der Waals surface area contributed by atoms with Crippen LogP contribution in [-0.2, 0) is 5.41 Å².